The van der Waals surface area contributed by atoms with Crippen LogP contribution in [-0.4, -0.2) is 13.2 Å². The van der Waals surface area contributed by atoms with E-state index in [4.69, 9.17) is 4.74 Å². The lowest BCUT2D eigenvalue weighted by molar-refractivity contribution is 0.106. The average molecular weight is 329 g/mol. The minimum Gasteiger partial charge on any atom is -0.382 e. The molecule has 0 fully saturated rings. The van der Waals surface area contributed by atoms with Gasteiger partial charge in [-0.3, -0.25) is 0 Å². The lowest BCUT2D eigenvalue weighted by Gasteiger charge is -2.15. The van der Waals surface area contributed by atoms with E-state index in [1.807, 2.05) is 6.08 Å². The number of methoxy groups -OCH3 is 1. The van der Waals surface area contributed by atoms with Crippen molar-refractivity contribution in [2.75, 3.05) is 7.11 Å². The molecular weight excluding hydrogens is 292 g/mol. The summed E-state index contributed by atoms with van der Waals surface area (Å²) < 4.78 is 5.30. The smallest absolute Gasteiger partial charge is 0.0543 e. The molecule has 0 aromatic carbocycles. The molecule has 24 heavy (non-hydrogen) atoms. The molecule has 134 valence electrons. The summed E-state index contributed by atoms with van der Waals surface area (Å²) in [6.45, 7) is 25.1. The van der Waals surface area contributed by atoms with Crippen molar-refractivity contribution in [2.24, 2.45) is 5.92 Å². The van der Waals surface area contributed by atoms with Crippen LogP contribution < -0.4 is 0 Å². The Morgan fingerprint density at radius 3 is 2.08 bits per heavy atom. The van der Waals surface area contributed by atoms with Gasteiger partial charge < -0.3 is 4.74 Å². The molecule has 0 bridgehead atoms. The molecule has 0 aliphatic carbocycles. The molecule has 0 saturated heterocycles. The van der Waals surface area contributed by atoms with E-state index in [1.165, 1.54) is 5.57 Å². The fourth-order valence-corrected chi connectivity index (χ4v) is 2.22. The zero-order chi connectivity index (χ0) is 18.7. The molecule has 2 atom stereocenters. The van der Waals surface area contributed by atoms with E-state index in [1.54, 1.807) is 7.11 Å². The lowest BCUT2D eigenvalue weighted by atomic mass is 9.93. The maximum atomic E-state index is 5.30. The Kier molecular flexibility index (Phi) is 11.1. The van der Waals surface area contributed by atoms with Gasteiger partial charge in [0.15, 0.2) is 0 Å². The fraction of sp³-hybridized carbons (Fsp3) is 0.478. The Morgan fingerprint density at radius 2 is 1.58 bits per heavy atom. The van der Waals surface area contributed by atoms with Crippen LogP contribution in [0.1, 0.15) is 53.4 Å². The molecule has 0 amide bonds. The summed E-state index contributed by atoms with van der Waals surface area (Å²) in [6.07, 6.45) is 10.5. The van der Waals surface area contributed by atoms with Crippen molar-refractivity contribution >= 4 is 0 Å². The molecule has 1 heteroatoms. The first-order valence-corrected chi connectivity index (χ1v) is 8.93. The van der Waals surface area contributed by atoms with Crippen LogP contribution in [-0.2, 0) is 4.74 Å². The predicted octanol–water partition coefficient (Wildman–Crippen LogP) is 6.97. The molecule has 0 aliphatic rings. The molecule has 0 aliphatic heterocycles. The van der Waals surface area contributed by atoms with Crippen LogP contribution in [0.5, 0.6) is 0 Å². The molecule has 0 heterocycles. The number of rotatable bonds is 12. The zero-order valence-electron chi connectivity index (χ0n) is 16.5. The van der Waals surface area contributed by atoms with E-state index in [-0.39, 0.29) is 0 Å². The highest BCUT2D eigenvalue weighted by Crippen LogP contribution is 2.24. The number of hydrogen-bond donors (Lipinski definition) is 0. The van der Waals surface area contributed by atoms with Crippen LogP contribution in [0.4, 0.5) is 0 Å². The van der Waals surface area contributed by atoms with Gasteiger partial charge in [-0.1, -0.05) is 76.5 Å². The summed E-state index contributed by atoms with van der Waals surface area (Å²) in [5, 5.41) is 0. The molecule has 0 radical (unpaired) electrons. The number of allylic oxidation sites excluding steroid dienone is 8. The predicted molar refractivity (Wildman–Crippen MR) is 109 cm³/mol. The Labute approximate surface area is 150 Å². The van der Waals surface area contributed by atoms with Gasteiger partial charge in [0.05, 0.1) is 6.10 Å². The van der Waals surface area contributed by atoms with E-state index in [0.29, 0.717) is 12.0 Å². The highest BCUT2D eigenvalue weighted by Gasteiger charge is 2.08. The van der Waals surface area contributed by atoms with Gasteiger partial charge in [0.25, 0.3) is 0 Å². The van der Waals surface area contributed by atoms with Gasteiger partial charge >= 0.3 is 0 Å². The van der Waals surface area contributed by atoms with E-state index >= 15 is 0 Å². The summed E-state index contributed by atoms with van der Waals surface area (Å²) in [6, 6.07) is 0. The zero-order valence-corrected chi connectivity index (χ0v) is 16.5. The third kappa shape index (κ3) is 8.31. The first kappa shape index (κ1) is 22.4. The summed E-state index contributed by atoms with van der Waals surface area (Å²) in [5.74, 6) is 0.431. The monoisotopic (exact) mass is 328 g/mol. The van der Waals surface area contributed by atoms with E-state index in [9.17, 15) is 0 Å². The van der Waals surface area contributed by atoms with Gasteiger partial charge in [0, 0.05) is 7.11 Å². The van der Waals surface area contributed by atoms with Crippen LogP contribution in [0.15, 0.2) is 72.4 Å². The van der Waals surface area contributed by atoms with Crippen LogP contribution in [0.2, 0.25) is 0 Å². The molecule has 0 aromatic heterocycles. The van der Waals surface area contributed by atoms with Crippen LogP contribution in [0, 0.1) is 5.92 Å². The average Bonchev–Trinajstić information content (AvgIpc) is 2.60. The fourth-order valence-electron chi connectivity index (χ4n) is 2.22. The summed E-state index contributed by atoms with van der Waals surface area (Å²) in [5.41, 5.74) is 5.36. The summed E-state index contributed by atoms with van der Waals surface area (Å²) >= 11 is 0. The SMILES string of the molecule is C=C(/C=C(/CC)C(=C)C(=C)/C=C\C(=C)C(C)CCC(C)OC)CC. The second kappa shape index (κ2) is 11.9. The molecule has 0 spiro atoms. The first-order chi connectivity index (χ1) is 11.3. The molecule has 0 N–H and O–H groups in total. The number of ether oxygens (including phenoxy) is 1. The maximum absolute atomic E-state index is 5.30. The van der Waals surface area contributed by atoms with Gasteiger partial charge in [-0.05, 0) is 55.2 Å². The third-order valence-corrected chi connectivity index (χ3v) is 4.53. The van der Waals surface area contributed by atoms with Gasteiger partial charge in [-0.2, -0.15) is 0 Å². The first-order valence-electron chi connectivity index (χ1n) is 8.93. The Morgan fingerprint density at radius 1 is 0.958 bits per heavy atom. The normalized spacial score (nSPS) is 14.5. The molecule has 0 aromatic rings. The second-order valence-corrected chi connectivity index (χ2v) is 6.47. The minimum atomic E-state index is 0.294. The third-order valence-electron chi connectivity index (χ3n) is 4.53. The molecule has 0 rings (SSSR count). The van der Waals surface area contributed by atoms with Gasteiger partial charge in [-0.25, -0.2) is 0 Å². The van der Waals surface area contributed by atoms with Gasteiger partial charge in [0.1, 0.15) is 0 Å². The van der Waals surface area contributed by atoms with Crippen molar-refractivity contribution in [3.63, 3.8) is 0 Å². The summed E-state index contributed by atoms with van der Waals surface area (Å²) in [7, 11) is 1.76. The van der Waals surface area contributed by atoms with E-state index in [2.05, 4.69) is 66.2 Å². The van der Waals surface area contributed by atoms with Gasteiger partial charge in [-0.15, -0.1) is 0 Å². The topological polar surface area (TPSA) is 9.23 Å². The molecule has 1 nitrogen and oxygen atoms in total. The van der Waals surface area contributed by atoms with Crippen LogP contribution in [0.3, 0.4) is 0 Å². The van der Waals surface area contributed by atoms with E-state index in [0.717, 1.165) is 48.0 Å². The molecule has 0 saturated carbocycles. The van der Waals surface area contributed by atoms with Gasteiger partial charge in [0.2, 0.25) is 0 Å². The minimum absolute atomic E-state index is 0.294. The number of hydrogen-bond acceptors (Lipinski definition) is 1. The summed E-state index contributed by atoms with van der Waals surface area (Å²) in [4.78, 5) is 0. The Hall–Kier alpha value is -1.60. The Bertz CT molecular complexity index is 516. The van der Waals surface area contributed by atoms with Crippen molar-refractivity contribution < 1.29 is 4.74 Å². The van der Waals surface area contributed by atoms with E-state index < -0.39 is 0 Å². The second-order valence-electron chi connectivity index (χ2n) is 6.47. The Balaban J connectivity index is 4.75. The van der Waals surface area contributed by atoms with Crippen LogP contribution >= 0.6 is 0 Å². The highest BCUT2D eigenvalue weighted by atomic mass is 16.5. The lowest BCUT2D eigenvalue weighted by Crippen LogP contribution is -2.07. The maximum Gasteiger partial charge on any atom is 0.0543 e. The van der Waals surface area contributed by atoms with Crippen molar-refractivity contribution in [1.29, 1.82) is 0 Å². The van der Waals surface area contributed by atoms with Crippen LogP contribution in [0.25, 0.3) is 0 Å². The molecule has 2 unspecified atom stereocenters. The highest BCUT2D eigenvalue weighted by molar-refractivity contribution is 5.51. The van der Waals surface area contributed by atoms with Crippen molar-refractivity contribution in [1.82, 2.24) is 0 Å². The largest absolute Gasteiger partial charge is 0.382 e. The van der Waals surface area contributed by atoms with Crippen molar-refractivity contribution in [3.05, 3.63) is 72.4 Å². The van der Waals surface area contributed by atoms with Crippen molar-refractivity contribution in [2.45, 2.75) is 59.5 Å². The molecular formula is C23H36O. The quantitative estimate of drug-likeness (QED) is 0.352. The van der Waals surface area contributed by atoms with Crippen molar-refractivity contribution in [3.8, 4) is 0 Å². The standard InChI is InChI=1S/C23H36O/c1-10-17(3)16-23(11-2)22(8)20(6)13-12-18(4)19(5)14-15-21(7)24-9/h12-13,16,19,21H,3-4,6,8,10-11,14-15H2,1-2,5,7,9H3/b13-12-,23-16-.